The third kappa shape index (κ3) is 2.37. The van der Waals surface area contributed by atoms with Crippen LogP contribution < -0.4 is 10.2 Å². The summed E-state index contributed by atoms with van der Waals surface area (Å²) >= 11 is 8.37. The normalized spacial score (nSPS) is 16.1. The number of hydrogen-bond acceptors (Lipinski definition) is 3. The SMILES string of the molecule is Cc1cc(Br)ccc1N1C(=O)CC(=O)NC1=S. The summed E-state index contributed by atoms with van der Waals surface area (Å²) in [4.78, 5) is 24.3. The van der Waals surface area contributed by atoms with E-state index in [1.807, 2.05) is 19.1 Å². The standard InChI is InChI=1S/C11H9BrN2O2S/c1-6-4-7(12)2-3-8(6)14-10(16)5-9(15)13-11(14)17/h2-4H,5H2,1H3,(H,13,15,17). The average molecular weight is 313 g/mol. The molecule has 88 valence electrons. The van der Waals surface area contributed by atoms with Crippen LogP contribution in [0.25, 0.3) is 0 Å². The van der Waals surface area contributed by atoms with Crippen molar-refractivity contribution >= 4 is 50.8 Å². The Morgan fingerprint density at radius 2 is 2.12 bits per heavy atom. The molecule has 0 unspecified atom stereocenters. The van der Waals surface area contributed by atoms with E-state index in [-0.39, 0.29) is 23.3 Å². The molecular formula is C11H9BrN2O2S. The summed E-state index contributed by atoms with van der Waals surface area (Å²) in [6, 6.07) is 5.51. The summed E-state index contributed by atoms with van der Waals surface area (Å²) in [5.41, 5.74) is 1.61. The molecule has 6 heteroatoms. The minimum Gasteiger partial charge on any atom is -0.302 e. The monoisotopic (exact) mass is 312 g/mol. The number of carbonyl (C=O) groups is 2. The van der Waals surface area contributed by atoms with E-state index < -0.39 is 0 Å². The second kappa shape index (κ2) is 4.54. The average Bonchev–Trinajstić information content (AvgIpc) is 2.19. The van der Waals surface area contributed by atoms with Crippen molar-refractivity contribution in [2.75, 3.05) is 4.90 Å². The fourth-order valence-corrected chi connectivity index (χ4v) is 2.45. The Bertz CT molecular complexity index is 510. The lowest BCUT2D eigenvalue weighted by Crippen LogP contribution is -2.53. The summed E-state index contributed by atoms with van der Waals surface area (Å²) < 4.78 is 0.929. The Hall–Kier alpha value is -1.27. The zero-order valence-electron chi connectivity index (χ0n) is 8.99. The first-order chi connectivity index (χ1) is 7.99. The third-order valence-electron chi connectivity index (χ3n) is 2.41. The van der Waals surface area contributed by atoms with Gasteiger partial charge in [0.2, 0.25) is 11.8 Å². The molecule has 0 spiro atoms. The molecule has 0 radical (unpaired) electrons. The largest absolute Gasteiger partial charge is 0.302 e. The predicted molar refractivity (Wildman–Crippen MR) is 71.7 cm³/mol. The van der Waals surface area contributed by atoms with Crippen molar-refractivity contribution < 1.29 is 9.59 Å². The maximum Gasteiger partial charge on any atom is 0.242 e. The summed E-state index contributed by atoms with van der Waals surface area (Å²) in [7, 11) is 0. The number of amides is 2. The van der Waals surface area contributed by atoms with Gasteiger partial charge >= 0.3 is 0 Å². The van der Waals surface area contributed by atoms with Crippen LogP contribution in [0.4, 0.5) is 5.69 Å². The van der Waals surface area contributed by atoms with Crippen molar-refractivity contribution in [2.24, 2.45) is 0 Å². The maximum absolute atomic E-state index is 11.8. The molecule has 1 aromatic rings. The van der Waals surface area contributed by atoms with Gasteiger partial charge in [0, 0.05) is 4.47 Å². The molecule has 0 aromatic heterocycles. The van der Waals surface area contributed by atoms with Gasteiger partial charge in [-0.25, -0.2) is 0 Å². The van der Waals surface area contributed by atoms with Gasteiger partial charge in [-0.15, -0.1) is 0 Å². The summed E-state index contributed by atoms with van der Waals surface area (Å²) in [5, 5.41) is 2.62. The highest BCUT2D eigenvalue weighted by Gasteiger charge is 2.29. The van der Waals surface area contributed by atoms with E-state index in [9.17, 15) is 9.59 Å². The Labute approximate surface area is 112 Å². The van der Waals surface area contributed by atoms with E-state index in [1.54, 1.807) is 6.07 Å². The number of benzene rings is 1. The molecule has 0 aliphatic carbocycles. The van der Waals surface area contributed by atoms with Crippen molar-refractivity contribution in [3.8, 4) is 0 Å². The Kier molecular flexibility index (Phi) is 3.26. The number of aryl methyl sites for hydroxylation is 1. The summed E-state index contributed by atoms with van der Waals surface area (Å²) in [6.07, 6.45) is -0.171. The molecule has 1 saturated heterocycles. The Balaban J connectivity index is 2.42. The fraction of sp³-hybridized carbons (Fsp3) is 0.182. The van der Waals surface area contributed by atoms with Crippen LogP contribution in [-0.4, -0.2) is 16.9 Å². The Morgan fingerprint density at radius 3 is 2.71 bits per heavy atom. The highest BCUT2D eigenvalue weighted by Crippen LogP contribution is 2.25. The molecule has 1 aliphatic heterocycles. The molecule has 1 aromatic carbocycles. The topological polar surface area (TPSA) is 49.4 Å². The lowest BCUT2D eigenvalue weighted by molar-refractivity contribution is -0.127. The zero-order chi connectivity index (χ0) is 12.6. The molecule has 2 rings (SSSR count). The molecule has 0 atom stereocenters. The smallest absolute Gasteiger partial charge is 0.242 e. The molecule has 4 nitrogen and oxygen atoms in total. The molecule has 1 N–H and O–H groups in total. The quantitative estimate of drug-likeness (QED) is 0.636. The van der Waals surface area contributed by atoms with Crippen LogP contribution in [0.15, 0.2) is 22.7 Å². The molecule has 0 saturated carbocycles. The number of thiocarbonyl (C=S) groups is 1. The highest BCUT2D eigenvalue weighted by atomic mass is 79.9. The third-order valence-corrected chi connectivity index (χ3v) is 3.19. The first-order valence-corrected chi connectivity index (χ1v) is 6.12. The van der Waals surface area contributed by atoms with Crippen LogP contribution in [-0.2, 0) is 9.59 Å². The van der Waals surface area contributed by atoms with E-state index in [0.717, 1.165) is 10.0 Å². The van der Waals surface area contributed by atoms with Gasteiger partial charge in [-0.3, -0.25) is 14.5 Å². The van der Waals surface area contributed by atoms with Gasteiger partial charge in [0.15, 0.2) is 5.11 Å². The van der Waals surface area contributed by atoms with Gasteiger partial charge in [-0.2, -0.15) is 0 Å². The van der Waals surface area contributed by atoms with Gasteiger partial charge in [0.1, 0.15) is 6.42 Å². The predicted octanol–water partition coefficient (Wildman–Crippen LogP) is 1.90. The van der Waals surface area contributed by atoms with Crippen molar-refractivity contribution in [2.45, 2.75) is 13.3 Å². The molecule has 1 aliphatic rings. The number of halogens is 1. The minimum absolute atomic E-state index is 0.136. The lowest BCUT2D eigenvalue weighted by atomic mass is 10.1. The number of rotatable bonds is 1. The van der Waals surface area contributed by atoms with Gasteiger partial charge in [0.25, 0.3) is 0 Å². The molecule has 1 fully saturated rings. The van der Waals surface area contributed by atoms with E-state index in [2.05, 4.69) is 21.2 Å². The lowest BCUT2D eigenvalue weighted by Gasteiger charge is -2.28. The van der Waals surface area contributed by atoms with Crippen LogP contribution in [0.5, 0.6) is 0 Å². The number of nitrogens with zero attached hydrogens (tertiary/aromatic N) is 1. The van der Waals surface area contributed by atoms with Crippen molar-refractivity contribution in [1.82, 2.24) is 5.32 Å². The first kappa shape index (κ1) is 12.2. The summed E-state index contributed by atoms with van der Waals surface area (Å²) in [5.74, 6) is -0.657. The van der Waals surface area contributed by atoms with Crippen molar-refractivity contribution in [3.63, 3.8) is 0 Å². The van der Waals surface area contributed by atoms with Crippen LogP contribution in [0, 0.1) is 6.92 Å². The maximum atomic E-state index is 11.8. The second-order valence-corrected chi connectivity index (χ2v) is 4.99. The number of hydrogen-bond donors (Lipinski definition) is 1. The van der Waals surface area contributed by atoms with Gasteiger partial charge < -0.3 is 5.32 Å². The molecule has 0 bridgehead atoms. The Morgan fingerprint density at radius 1 is 1.41 bits per heavy atom. The van der Waals surface area contributed by atoms with Gasteiger partial charge in [0.05, 0.1) is 5.69 Å². The van der Waals surface area contributed by atoms with E-state index in [0.29, 0.717) is 5.69 Å². The number of nitrogens with one attached hydrogen (secondary N) is 1. The molecule has 1 heterocycles. The first-order valence-electron chi connectivity index (χ1n) is 4.92. The van der Waals surface area contributed by atoms with Crippen LogP contribution in [0.1, 0.15) is 12.0 Å². The fourth-order valence-electron chi connectivity index (χ4n) is 1.66. The summed E-state index contributed by atoms with van der Waals surface area (Å²) in [6.45, 7) is 1.88. The van der Waals surface area contributed by atoms with Crippen LogP contribution in [0.2, 0.25) is 0 Å². The van der Waals surface area contributed by atoms with Crippen molar-refractivity contribution in [1.29, 1.82) is 0 Å². The van der Waals surface area contributed by atoms with Gasteiger partial charge in [-0.05, 0) is 42.9 Å². The second-order valence-electron chi connectivity index (χ2n) is 3.69. The number of carbonyl (C=O) groups excluding carboxylic acids is 2. The van der Waals surface area contributed by atoms with Crippen molar-refractivity contribution in [3.05, 3.63) is 28.2 Å². The zero-order valence-corrected chi connectivity index (χ0v) is 11.4. The molecule has 2 amide bonds. The number of anilines is 1. The van der Waals surface area contributed by atoms with E-state index >= 15 is 0 Å². The highest BCUT2D eigenvalue weighted by molar-refractivity contribution is 9.10. The van der Waals surface area contributed by atoms with Gasteiger partial charge in [-0.1, -0.05) is 15.9 Å². The van der Waals surface area contributed by atoms with Crippen LogP contribution >= 0.6 is 28.1 Å². The molecular weight excluding hydrogens is 304 g/mol. The minimum atomic E-state index is -0.356. The van der Waals surface area contributed by atoms with E-state index in [1.165, 1.54) is 4.90 Å². The molecule has 17 heavy (non-hydrogen) atoms. The van der Waals surface area contributed by atoms with E-state index in [4.69, 9.17) is 12.2 Å². The van der Waals surface area contributed by atoms with Crippen LogP contribution in [0.3, 0.4) is 0 Å².